The second-order valence-electron chi connectivity index (χ2n) is 3.72. The van der Waals surface area contributed by atoms with Gasteiger partial charge in [-0.1, -0.05) is 0 Å². The lowest BCUT2D eigenvalue weighted by Crippen LogP contribution is -2.13. The van der Waals surface area contributed by atoms with Gasteiger partial charge in [-0.15, -0.1) is 0 Å². The molecule has 2 amide bonds. The minimum atomic E-state index is -0.497. The molecule has 6 heteroatoms. The van der Waals surface area contributed by atoms with Gasteiger partial charge in [0.15, 0.2) is 0 Å². The Hall–Kier alpha value is -2.21. The van der Waals surface area contributed by atoms with E-state index in [1.165, 1.54) is 11.5 Å². The van der Waals surface area contributed by atoms with E-state index >= 15 is 0 Å². The van der Waals surface area contributed by atoms with E-state index < -0.39 is 5.91 Å². The van der Waals surface area contributed by atoms with E-state index in [1.807, 2.05) is 6.92 Å². The normalized spacial score (nSPS) is 10.1. The monoisotopic (exact) mass is 261 g/mol. The van der Waals surface area contributed by atoms with Crippen molar-refractivity contribution in [2.75, 3.05) is 5.32 Å². The van der Waals surface area contributed by atoms with Gasteiger partial charge in [0.05, 0.1) is 0 Å². The molecule has 3 N–H and O–H groups in total. The molecule has 2 rings (SSSR count). The number of aromatic nitrogens is 1. The minimum absolute atomic E-state index is 0.272. The Bertz CT molecular complexity index is 590. The third-order valence-electron chi connectivity index (χ3n) is 2.29. The van der Waals surface area contributed by atoms with Gasteiger partial charge in [0.25, 0.3) is 5.91 Å². The number of nitrogens with two attached hydrogens (primary N) is 1. The second-order valence-corrected chi connectivity index (χ2v) is 4.73. The van der Waals surface area contributed by atoms with E-state index in [0.29, 0.717) is 16.9 Å². The molecular weight excluding hydrogens is 250 g/mol. The first kappa shape index (κ1) is 12.3. The van der Waals surface area contributed by atoms with Gasteiger partial charge >= 0.3 is 0 Å². The minimum Gasteiger partial charge on any atom is -0.366 e. The Kier molecular flexibility index (Phi) is 3.38. The smallest absolute Gasteiger partial charge is 0.275 e. The van der Waals surface area contributed by atoms with Crippen molar-refractivity contribution in [2.45, 2.75) is 6.92 Å². The van der Waals surface area contributed by atoms with Crippen molar-refractivity contribution in [1.29, 1.82) is 0 Å². The Labute approximate surface area is 108 Å². The van der Waals surface area contributed by atoms with E-state index in [9.17, 15) is 9.59 Å². The second kappa shape index (κ2) is 4.97. The van der Waals surface area contributed by atoms with Gasteiger partial charge < -0.3 is 11.1 Å². The lowest BCUT2D eigenvalue weighted by Gasteiger charge is -2.03. The number of carbonyl (C=O) groups excluding carboxylic acids is 2. The average molecular weight is 261 g/mol. The number of hydrogen-bond acceptors (Lipinski definition) is 4. The molecule has 1 aromatic carbocycles. The van der Waals surface area contributed by atoms with Gasteiger partial charge in [0.2, 0.25) is 5.91 Å². The zero-order chi connectivity index (χ0) is 13.1. The Morgan fingerprint density at radius 3 is 2.44 bits per heavy atom. The van der Waals surface area contributed by atoms with Gasteiger partial charge in [-0.2, -0.15) is 4.37 Å². The fourth-order valence-electron chi connectivity index (χ4n) is 1.39. The molecule has 1 aromatic heterocycles. The van der Waals surface area contributed by atoms with E-state index in [2.05, 4.69) is 9.69 Å². The number of anilines is 1. The highest BCUT2D eigenvalue weighted by Crippen LogP contribution is 2.13. The van der Waals surface area contributed by atoms with Gasteiger partial charge in [-0.25, -0.2) is 0 Å². The van der Waals surface area contributed by atoms with Crippen molar-refractivity contribution < 1.29 is 9.59 Å². The summed E-state index contributed by atoms with van der Waals surface area (Å²) >= 11 is 1.28. The van der Waals surface area contributed by atoms with Crippen LogP contribution >= 0.6 is 11.5 Å². The quantitative estimate of drug-likeness (QED) is 0.883. The van der Waals surface area contributed by atoms with Gasteiger partial charge in [-0.3, -0.25) is 9.59 Å². The number of rotatable bonds is 3. The van der Waals surface area contributed by atoms with Crippen molar-refractivity contribution in [3.63, 3.8) is 0 Å². The highest BCUT2D eigenvalue weighted by molar-refractivity contribution is 7.05. The Morgan fingerprint density at radius 2 is 1.94 bits per heavy atom. The fourth-order valence-corrected chi connectivity index (χ4v) is 1.93. The van der Waals surface area contributed by atoms with Crippen molar-refractivity contribution >= 4 is 29.0 Å². The van der Waals surface area contributed by atoms with Gasteiger partial charge in [0, 0.05) is 16.1 Å². The zero-order valence-electron chi connectivity index (χ0n) is 9.64. The van der Waals surface area contributed by atoms with E-state index in [4.69, 9.17) is 5.73 Å². The molecule has 0 aliphatic rings. The third kappa shape index (κ3) is 2.72. The van der Waals surface area contributed by atoms with Crippen LogP contribution in [0.5, 0.6) is 0 Å². The SMILES string of the molecule is Cc1cc(C(=O)Nc2ccc(C(N)=O)cc2)ns1. The molecule has 92 valence electrons. The standard InChI is InChI=1S/C12H11N3O2S/c1-7-6-10(15-18-7)12(17)14-9-4-2-8(3-5-9)11(13)16/h2-6H,1H3,(H2,13,16)(H,14,17). The maximum absolute atomic E-state index is 11.8. The number of carbonyl (C=O) groups is 2. The maximum Gasteiger partial charge on any atom is 0.275 e. The van der Waals surface area contributed by atoms with Crippen molar-refractivity contribution in [3.8, 4) is 0 Å². The molecule has 1 heterocycles. The molecule has 2 aromatic rings. The van der Waals surface area contributed by atoms with Crippen LogP contribution in [0.4, 0.5) is 5.69 Å². The average Bonchev–Trinajstić information content (AvgIpc) is 2.76. The molecule has 0 radical (unpaired) electrons. The highest BCUT2D eigenvalue weighted by Gasteiger charge is 2.09. The summed E-state index contributed by atoms with van der Waals surface area (Å²) in [5.74, 6) is -0.769. The molecule has 0 fully saturated rings. The number of hydrogen-bond donors (Lipinski definition) is 2. The highest BCUT2D eigenvalue weighted by atomic mass is 32.1. The van der Waals surface area contributed by atoms with Crippen LogP contribution in [0.25, 0.3) is 0 Å². The number of benzene rings is 1. The van der Waals surface area contributed by atoms with Crippen molar-refractivity contribution in [1.82, 2.24) is 4.37 Å². The van der Waals surface area contributed by atoms with Crippen LogP contribution in [0.1, 0.15) is 25.7 Å². The van der Waals surface area contributed by atoms with Crippen LogP contribution in [0, 0.1) is 6.92 Å². The van der Waals surface area contributed by atoms with E-state index in [0.717, 1.165) is 4.88 Å². The Morgan fingerprint density at radius 1 is 1.28 bits per heavy atom. The number of primary amides is 1. The zero-order valence-corrected chi connectivity index (χ0v) is 10.5. The van der Waals surface area contributed by atoms with Gasteiger partial charge in [-0.05, 0) is 48.8 Å². The molecular formula is C12H11N3O2S. The van der Waals surface area contributed by atoms with Crippen molar-refractivity contribution in [2.24, 2.45) is 5.73 Å². The molecule has 0 saturated carbocycles. The molecule has 0 atom stereocenters. The molecule has 0 bridgehead atoms. The maximum atomic E-state index is 11.8. The Balaban J connectivity index is 2.10. The first-order chi connectivity index (χ1) is 8.56. The lowest BCUT2D eigenvalue weighted by atomic mass is 10.2. The van der Waals surface area contributed by atoms with E-state index in [-0.39, 0.29) is 5.91 Å². The van der Waals surface area contributed by atoms with Crippen molar-refractivity contribution in [3.05, 3.63) is 46.5 Å². The summed E-state index contributed by atoms with van der Waals surface area (Å²) in [6.07, 6.45) is 0. The molecule has 0 unspecified atom stereocenters. The van der Waals surface area contributed by atoms with E-state index in [1.54, 1.807) is 30.3 Å². The van der Waals surface area contributed by atoms with Crippen LogP contribution < -0.4 is 11.1 Å². The summed E-state index contributed by atoms with van der Waals surface area (Å²) < 4.78 is 4.01. The number of nitrogens with zero attached hydrogens (tertiary/aromatic N) is 1. The summed E-state index contributed by atoms with van der Waals surface area (Å²) in [6.45, 7) is 1.89. The number of nitrogens with one attached hydrogen (secondary N) is 1. The third-order valence-corrected chi connectivity index (χ3v) is 2.98. The predicted molar refractivity (Wildman–Crippen MR) is 69.8 cm³/mol. The summed E-state index contributed by atoms with van der Waals surface area (Å²) in [4.78, 5) is 23.6. The van der Waals surface area contributed by atoms with Gasteiger partial charge in [0.1, 0.15) is 5.69 Å². The summed E-state index contributed by atoms with van der Waals surface area (Å²) in [5, 5.41) is 2.69. The first-order valence-electron chi connectivity index (χ1n) is 5.21. The topological polar surface area (TPSA) is 85.1 Å². The number of aryl methyl sites for hydroxylation is 1. The summed E-state index contributed by atoms with van der Waals surface area (Å²) in [5.41, 5.74) is 6.50. The predicted octanol–water partition coefficient (Wildman–Crippen LogP) is 1.80. The fraction of sp³-hybridized carbons (Fsp3) is 0.0833. The summed E-state index contributed by atoms with van der Waals surface area (Å²) in [7, 11) is 0. The molecule has 0 aliphatic carbocycles. The largest absolute Gasteiger partial charge is 0.366 e. The molecule has 0 saturated heterocycles. The van der Waals surface area contributed by atoms with Crippen LogP contribution in [0.2, 0.25) is 0 Å². The molecule has 0 aliphatic heterocycles. The summed E-state index contributed by atoms with van der Waals surface area (Å²) in [6, 6.07) is 8.08. The molecule has 18 heavy (non-hydrogen) atoms. The first-order valence-corrected chi connectivity index (χ1v) is 5.98. The van der Waals surface area contributed by atoms with Crippen LogP contribution in [0.15, 0.2) is 30.3 Å². The van der Waals surface area contributed by atoms with Crippen LogP contribution in [-0.4, -0.2) is 16.2 Å². The molecule has 0 spiro atoms. The number of amides is 2. The lowest BCUT2D eigenvalue weighted by molar-refractivity contribution is 0.0998. The van der Waals surface area contributed by atoms with Crippen LogP contribution in [-0.2, 0) is 0 Å². The van der Waals surface area contributed by atoms with Crippen LogP contribution in [0.3, 0.4) is 0 Å². The molecule has 5 nitrogen and oxygen atoms in total.